The van der Waals surface area contributed by atoms with Gasteiger partial charge in [0.15, 0.2) is 4.96 Å². The number of nitrogens with zero attached hydrogens (tertiary/aromatic N) is 2. The van der Waals surface area contributed by atoms with Gasteiger partial charge >= 0.3 is 0 Å². The second kappa shape index (κ2) is 8.53. The number of rotatable bonds is 4. The Morgan fingerprint density at radius 2 is 2.00 bits per heavy atom. The van der Waals surface area contributed by atoms with Crippen molar-refractivity contribution in [3.05, 3.63) is 75.6 Å². The average molecular weight is 450 g/mol. The number of benzene rings is 2. The summed E-state index contributed by atoms with van der Waals surface area (Å²) >= 11 is 7.46. The van der Waals surface area contributed by atoms with Crippen LogP contribution in [0.25, 0.3) is 16.2 Å². The van der Waals surface area contributed by atoms with Crippen LogP contribution in [-0.4, -0.2) is 15.3 Å². The first-order valence-corrected chi connectivity index (χ1v) is 9.94. The molecule has 0 fully saturated rings. The molecule has 8 heteroatoms. The van der Waals surface area contributed by atoms with Gasteiger partial charge in [-0.3, -0.25) is 9.20 Å². The lowest BCUT2D eigenvalue weighted by atomic mass is 10.0. The first kappa shape index (κ1) is 21.3. The van der Waals surface area contributed by atoms with Gasteiger partial charge in [0.25, 0.3) is 0 Å². The highest BCUT2D eigenvalue weighted by molar-refractivity contribution is 7.15. The number of thiazole rings is 1. The van der Waals surface area contributed by atoms with E-state index < -0.39 is 5.82 Å². The molecule has 29 heavy (non-hydrogen) atoms. The molecule has 2 aromatic carbocycles. The summed E-state index contributed by atoms with van der Waals surface area (Å²) in [6.07, 6.45) is 2.11. The van der Waals surface area contributed by atoms with Gasteiger partial charge in [-0.15, -0.1) is 23.7 Å². The lowest BCUT2D eigenvalue weighted by Gasteiger charge is -2.07. The topological polar surface area (TPSA) is 46.4 Å². The summed E-state index contributed by atoms with van der Waals surface area (Å²) < 4.78 is 15.1. The summed E-state index contributed by atoms with van der Waals surface area (Å²) in [5.41, 5.74) is 5.59. The Hall–Kier alpha value is -2.41. The van der Waals surface area contributed by atoms with Crippen LogP contribution in [-0.2, 0) is 11.2 Å². The van der Waals surface area contributed by atoms with Gasteiger partial charge < -0.3 is 5.32 Å². The Morgan fingerprint density at radius 1 is 1.21 bits per heavy atom. The lowest BCUT2D eigenvalue weighted by molar-refractivity contribution is -0.115. The van der Waals surface area contributed by atoms with Crippen molar-refractivity contribution >= 4 is 51.9 Å². The summed E-state index contributed by atoms with van der Waals surface area (Å²) in [7, 11) is 0. The zero-order valence-corrected chi connectivity index (χ0v) is 18.1. The number of carbonyl (C=O) groups excluding carboxylic acids is 1. The highest BCUT2D eigenvalue weighted by Gasteiger charge is 2.14. The van der Waals surface area contributed by atoms with Crippen LogP contribution in [0.1, 0.15) is 16.8 Å². The number of fused-ring (bicyclic) bond motifs is 1. The molecule has 0 spiro atoms. The number of imidazole rings is 1. The summed E-state index contributed by atoms with van der Waals surface area (Å²) in [5.74, 6) is -0.672. The minimum absolute atomic E-state index is 0. The summed E-state index contributed by atoms with van der Waals surface area (Å²) in [6, 6.07) is 10.1. The highest BCUT2D eigenvalue weighted by Crippen LogP contribution is 2.26. The molecule has 4 aromatic rings. The molecule has 2 heterocycles. The molecule has 0 radical (unpaired) electrons. The number of amides is 1. The Kier molecular flexibility index (Phi) is 6.27. The molecule has 2 aromatic heterocycles. The fourth-order valence-electron chi connectivity index (χ4n) is 2.95. The zero-order valence-electron chi connectivity index (χ0n) is 15.7. The van der Waals surface area contributed by atoms with Crippen molar-refractivity contribution in [1.82, 2.24) is 9.38 Å². The van der Waals surface area contributed by atoms with E-state index in [2.05, 4.69) is 42.3 Å². The number of halogens is 3. The Morgan fingerprint density at radius 3 is 2.72 bits per heavy atom. The predicted molar refractivity (Wildman–Crippen MR) is 119 cm³/mol. The van der Waals surface area contributed by atoms with Crippen LogP contribution >= 0.6 is 35.3 Å². The normalized spacial score (nSPS) is 10.8. The summed E-state index contributed by atoms with van der Waals surface area (Å²) in [5, 5.41) is 4.81. The molecule has 0 aliphatic rings. The fraction of sp³-hybridized carbons (Fsp3) is 0.143. The van der Waals surface area contributed by atoms with Crippen molar-refractivity contribution in [2.75, 3.05) is 5.32 Å². The minimum Gasteiger partial charge on any atom is -0.324 e. The van der Waals surface area contributed by atoms with Crippen molar-refractivity contribution in [1.29, 1.82) is 0 Å². The third-order valence-electron chi connectivity index (χ3n) is 4.63. The molecule has 1 N–H and O–H groups in total. The van der Waals surface area contributed by atoms with Crippen LogP contribution < -0.4 is 5.32 Å². The van der Waals surface area contributed by atoms with Gasteiger partial charge in [0.2, 0.25) is 5.91 Å². The van der Waals surface area contributed by atoms with Gasteiger partial charge in [-0.2, -0.15) is 0 Å². The number of carbonyl (C=O) groups is 1. The Bertz CT molecular complexity index is 1200. The molecule has 0 unspecified atom stereocenters. The van der Waals surface area contributed by atoms with Gasteiger partial charge in [0, 0.05) is 22.8 Å². The molecule has 0 saturated heterocycles. The third kappa shape index (κ3) is 4.45. The molecule has 4 nitrogen and oxygen atoms in total. The molecule has 1 amide bonds. The maximum atomic E-state index is 13.1. The predicted octanol–water partition coefficient (Wildman–Crippen LogP) is 6.08. The van der Waals surface area contributed by atoms with E-state index >= 15 is 0 Å². The third-order valence-corrected chi connectivity index (χ3v) is 5.83. The van der Waals surface area contributed by atoms with Crippen LogP contribution in [0.3, 0.4) is 0 Å². The zero-order chi connectivity index (χ0) is 19.8. The van der Waals surface area contributed by atoms with E-state index in [9.17, 15) is 9.18 Å². The Balaban J connectivity index is 0.00000240. The van der Waals surface area contributed by atoms with Gasteiger partial charge in [-0.25, -0.2) is 9.37 Å². The molecule has 0 aliphatic heterocycles. The number of anilines is 1. The van der Waals surface area contributed by atoms with Crippen molar-refractivity contribution in [3.63, 3.8) is 0 Å². The van der Waals surface area contributed by atoms with Crippen LogP contribution in [0, 0.1) is 19.7 Å². The molecule has 150 valence electrons. The van der Waals surface area contributed by atoms with Crippen molar-refractivity contribution in [2.45, 2.75) is 20.3 Å². The molecular formula is C21H18Cl2FN3OS. The van der Waals surface area contributed by atoms with E-state index in [4.69, 9.17) is 11.6 Å². The average Bonchev–Trinajstić information content (AvgIpc) is 3.22. The fourth-order valence-corrected chi connectivity index (χ4v) is 4.03. The second-order valence-corrected chi connectivity index (χ2v) is 7.90. The number of hydrogen-bond acceptors (Lipinski definition) is 3. The quantitative estimate of drug-likeness (QED) is 0.410. The first-order valence-electron chi connectivity index (χ1n) is 8.69. The number of aryl methyl sites for hydroxylation is 2. The SMILES string of the molecule is Cc1ccc(-c2cn3c(CC(=O)Nc4ccc(F)cc4Cl)csc3n2)cc1C.Cl. The maximum absolute atomic E-state index is 13.1. The van der Waals surface area contributed by atoms with Crippen LogP contribution in [0.4, 0.5) is 10.1 Å². The molecule has 4 rings (SSSR count). The van der Waals surface area contributed by atoms with E-state index in [1.165, 1.54) is 40.7 Å². The molecule has 0 bridgehead atoms. The first-order chi connectivity index (χ1) is 13.4. The van der Waals surface area contributed by atoms with Gasteiger partial charge in [-0.05, 0) is 49.2 Å². The standard InChI is InChI=1S/C21H17ClFN3OS.ClH/c1-12-3-4-14(7-13(12)2)19-10-26-16(11-28-21(26)25-19)9-20(27)24-18-6-5-15(23)8-17(18)22;/h3-8,10-11H,9H2,1-2H3,(H,24,27);1H. The smallest absolute Gasteiger partial charge is 0.230 e. The summed E-state index contributed by atoms with van der Waals surface area (Å²) in [6.45, 7) is 4.16. The van der Waals surface area contributed by atoms with E-state index in [1.807, 2.05) is 16.0 Å². The van der Waals surface area contributed by atoms with Gasteiger partial charge in [0.1, 0.15) is 5.82 Å². The Labute approximate surface area is 182 Å². The van der Waals surface area contributed by atoms with Crippen molar-refractivity contribution < 1.29 is 9.18 Å². The largest absolute Gasteiger partial charge is 0.324 e. The van der Waals surface area contributed by atoms with Crippen LogP contribution in [0.2, 0.25) is 5.02 Å². The number of nitrogens with one attached hydrogen (secondary N) is 1. The maximum Gasteiger partial charge on any atom is 0.230 e. The molecule has 0 atom stereocenters. The summed E-state index contributed by atoms with van der Waals surface area (Å²) in [4.78, 5) is 17.9. The van der Waals surface area contributed by atoms with Crippen molar-refractivity contribution in [3.8, 4) is 11.3 Å². The van der Waals surface area contributed by atoms with E-state index in [-0.39, 0.29) is 29.8 Å². The minimum atomic E-state index is -0.445. The van der Waals surface area contributed by atoms with E-state index in [0.29, 0.717) is 5.69 Å². The van der Waals surface area contributed by atoms with Gasteiger partial charge in [-0.1, -0.05) is 23.7 Å². The number of aromatic nitrogens is 2. The van der Waals surface area contributed by atoms with Gasteiger partial charge in [0.05, 0.1) is 22.8 Å². The van der Waals surface area contributed by atoms with Crippen LogP contribution in [0.15, 0.2) is 48.0 Å². The molecule has 0 aliphatic carbocycles. The molecule has 0 saturated carbocycles. The number of hydrogen-bond donors (Lipinski definition) is 1. The molecular weight excluding hydrogens is 432 g/mol. The van der Waals surface area contributed by atoms with E-state index in [1.54, 1.807) is 0 Å². The highest BCUT2D eigenvalue weighted by atomic mass is 35.5. The second-order valence-electron chi connectivity index (χ2n) is 6.65. The van der Waals surface area contributed by atoms with E-state index in [0.717, 1.165) is 21.9 Å². The lowest BCUT2D eigenvalue weighted by Crippen LogP contribution is -2.15. The monoisotopic (exact) mass is 449 g/mol. The van der Waals surface area contributed by atoms with Crippen LogP contribution in [0.5, 0.6) is 0 Å². The van der Waals surface area contributed by atoms with Crippen molar-refractivity contribution in [2.24, 2.45) is 0 Å².